The van der Waals surface area contributed by atoms with Gasteiger partial charge in [-0.25, -0.2) is 0 Å². The van der Waals surface area contributed by atoms with Gasteiger partial charge in [-0.15, -0.1) is 0 Å². The number of benzene rings is 4. The summed E-state index contributed by atoms with van der Waals surface area (Å²) in [6, 6.07) is 41.1. The second-order valence-electron chi connectivity index (χ2n) is 14.9. The normalized spacial score (nSPS) is 29.4. The molecule has 2 heterocycles. The number of hydrogen-bond acceptors (Lipinski definition) is 8. The zero-order valence-corrected chi connectivity index (χ0v) is 34.3. The molecule has 0 saturated carbocycles. The summed E-state index contributed by atoms with van der Waals surface area (Å²) in [7, 11) is 0. The van der Waals surface area contributed by atoms with E-state index in [2.05, 4.69) is 108 Å². The van der Waals surface area contributed by atoms with Gasteiger partial charge in [0, 0.05) is 9.79 Å². The van der Waals surface area contributed by atoms with Crippen LogP contribution in [0.3, 0.4) is 0 Å². The topological polar surface area (TPSA) is 77.4 Å². The van der Waals surface area contributed by atoms with Gasteiger partial charge < -0.3 is 29.2 Å². The zero-order valence-electron chi connectivity index (χ0n) is 32.6. The lowest BCUT2D eigenvalue weighted by Crippen LogP contribution is -2.53. The summed E-state index contributed by atoms with van der Waals surface area (Å²) in [5, 5.41) is 19.6. The summed E-state index contributed by atoms with van der Waals surface area (Å²) in [5.74, 6) is 1.72. The van der Waals surface area contributed by atoms with Crippen molar-refractivity contribution in [1.82, 2.24) is 0 Å². The Morgan fingerprint density at radius 2 is 0.944 bits per heavy atom. The standard InChI is InChI=1S/C24H32O2S.C22H28O4S/c1-5-17(2)22-18(3)19(4)23(25-16-20-12-8-6-9-13-20)24(26-22)27-21-14-10-7-11-15-21;1-15-16(2)21(25-14-17-9-5-3-6-10-17)22(26-20(15)19(24)13-23)27-18-11-7-4-8-12-18/h6-15,17-19,22-24H,5,16H2,1-4H3;3-12,15-16,19-24H,13-14H2,1-2H3/t17-,18+,19+,22?,23?,24-;15-,16-,19+,20?,21?,22+/m10/s1. The van der Waals surface area contributed by atoms with Gasteiger partial charge in [0.2, 0.25) is 0 Å². The van der Waals surface area contributed by atoms with Crippen LogP contribution in [0.15, 0.2) is 131 Å². The predicted molar refractivity (Wildman–Crippen MR) is 221 cm³/mol. The first-order valence-corrected chi connectivity index (χ1v) is 21.3. The summed E-state index contributed by atoms with van der Waals surface area (Å²) in [6.45, 7) is 14.2. The summed E-state index contributed by atoms with van der Waals surface area (Å²) in [5.41, 5.74) is 2.10. The molecule has 2 aliphatic rings. The van der Waals surface area contributed by atoms with Crippen molar-refractivity contribution in [2.75, 3.05) is 6.61 Å². The Hall–Kier alpha value is -2.66. The molecule has 4 aromatic rings. The maximum absolute atomic E-state index is 10.2. The fourth-order valence-electron chi connectivity index (χ4n) is 7.28. The molecule has 54 heavy (non-hydrogen) atoms. The van der Waals surface area contributed by atoms with Crippen molar-refractivity contribution < 1.29 is 29.2 Å². The van der Waals surface area contributed by atoms with Crippen LogP contribution in [0, 0.1) is 29.6 Å². The van der Waals surface area contributed by atoms with E-state index in [4.69, 9.17) is 18.9 Å². The maximum atomic E-state index is 10.2. The monoisotopic (exact) mass is 772 g/mol. The first-order chi connectivity index (χ1) is 26.2. The summed E-state index contributed by atoms with van der Waals surface area (Å²) >= 11 is 3.40. The Balaban J connectivity index is 0.000000208. The SMILES string of the molecule is CC[C@@H](C)C1O[C@H](Sc2ccccc2)C(OCc2ccccc2)[C@@H](C)[C@@H]1C.C[C@@H]1C([C@H](O)CO)O[C@H](Sc2ccccc2)C(OCc2ccccc2)[C@H]1C. The molecule has 0 spiro atoms. The van der Waals surface area contributed by atoms with E-state index in [-0.39, 0.29) is 47.6 Å². The van der Waals surface area contributed by atoms with Gasteiger partial charge in [-0.3, -0.25) is 0 Å². The van der Waals surface area contributed by atoms with Crippen molar-refractivity contribution >= 4 is 23.5 Å². The highest BCUT2D eigenvalue weighted by Gasteiger charge is 2.46. The molecule has 2 saturated heterocycles. The van der Waals surface area contributed by atoms with Crippen molar-refractivity contribution in [2.45, 2.75) is 112 Å². The fraction of sp³-hybridized carbons (Fsp3) is 0.478. The molecule has 4 aromatic carbocycles. The highest BCUT2D eigenvalue weighted by Crippen LogP contribution is 2.43. The third-order valence-corrected chi connectivity index (χ3v) is 13.5. The maximum Gasteiger partial charge on any atom is 0.134 e. The van der Waals surface area contributed by atoms with Crippen LogP contribution >= 0.6 is 23.5 Å². The van der Waals surface area contributed by atoms with Crippen molar-refractivity contribution in [3.05, 3.63) is 132 Å². The lowest BCUT2D eigenvalue weighted by molar-refractivity contribution is -0.190. The number of rotatable bonds is 14. The Kier molecular flexibility index (Phi) is 17.0. The van der Waals surface area contributed by atoms with Gasteiger partial charge in [0.05, 0.1) is 44.2 Å². The van der Waals surface area contributed by atoms with Crippen LogP contribution in [0.5, 0.6) is 0 Å². The van der Waals surface area contributed by atoms with Crippen LogP contribution in [0.4, 0.5) is 0 Å². The Bertz CT molecular complexity index is 1480. The number of aliphatic hydroxyl groups excluding tert-OH is 2. The predicted octanol–water partition coefficient (Wildman–Crippen LogP) is 10.1. The summed E-state index contributed by atoms with van der Waals surface area (Å²) < 4.78 is 25.7. The van der Waals surface area contributed by atoms with Crippen LogP contribution in [-0.4, -0.2) is 58.2 Å². The minimum atomic E-state index is -0.892. The fourth-order valence-corrected chi connectivity index (χ4v) is 9.74. The molecule has 0 aliphatic carbocycles. The van der Waals surface area contributed by atoms with Crippen LogP contribution in [-0.2, 0) is 32.2 Å². The van der Waals surface area contributed by atoms with Crippen molar-refractivity contribution in [2.24, 2.45) is 29.6 Å². The molecule has 4 unspecified atom stereocenters. The largest absolute Gasteiger partial charge is 0.394 e. The molecule has 0 aromatic heterocycles. The van der Waals surface area contributed by atoms with Crippen LogP contribution in [0.2, 0.25) is 0 Å². The van der Waals surface area contributed by atoms with Gasteiger partial charge in [-0.05, 0) is 65.0 Å². The molecule has 8 heteroatoms. The molecule has 2 aliphatic heterocycles. The van der Waals surface area contributed by atoms with Crippen LogP contribution < -0.4 is 0 Å². The molecule has 12 atom stereocenters. The Morgan fingerprint density at radius 1 is 0.574 bits per heavy atom. The van der Waals surface area contributed by atoms with Crippen molar-refractivity contribution in [3.63, 3.8) is 0 Å². The van der Waals surface area contributed by atoms with Crippen molar-refractivity contribution in [3.8, 4) is 0 Å². The average Bonchev–Trinajstić information content (AvgIpc) is 3.21. The number of thioether (sulfide) groups is 2. The van der Waals surface area contributed by atoms with Crippen LogP contribution in [0.25, 0.3) is 0 Å². The van der Waals surface area contributed by atoms with Gasteiger partial charge in [0.1, 0.15) is 17.0 Å². The Labute approximate surface area is 332 Å². The molecule has 6 rings (SSSR count). The summed E-state index contributed by atoms with van der Waals surface area (Å²) in [4.78, 5) is 2.33. The minimum Gasteiger partial charge on any atom is -0.394 e. The van der Waals surface area contributed by atoms with Crippen molar-refractivity contribution in [1.29, 1.82) is 0 Å². The summed E-state index contributed by atoms with van der Waals surface area (Å²) in [6.07, 6.45) is 0.0697. The van der Waals surface area contributed by atoms with E-state index in [1.165, 1.54) is 10.5 Å². The number of ether oxygens (including phenoxy) is 4. The van der Waals surface area contributed by atoms with Gasteiger partial charge in [0.15, 0.2) is 0 Å². The first-order valence-electron chi connectivity index (χ1n) is 19.5. The molecular weight excluding hydrogens is 713 g/mol. The van der Waals surface area contributed by atoms with E-state index < -0.39 is 12.2 Å². The quantitative estimate of drug-likeness (QED) is 0.131. The van der Waals surface area contributed by atoms with E-state index in [9.17, 15) is 10.2 Å². The lowest BCUT2D eigenvalue weighted by Gasteiger charge is -2.46. The van der Waals surface area contributed by atoms with Crippen LogP contribution in [0.1, 0.15) is 59.1 Å². The first kappa shape index (κ1) is 42.5. The minimum absolute atomic E-state index is 0.0151. The highest BCUT2D eigenvalue weighted by molar-refractivity contribution is 8.00. The van der Waals surface area contributed by atoms with E-state index >= 15 is 0 Å². The molecule has 2 N–H and O–H groups in total. The van der Waals surface area contributed by atoms with E-state index in [0.717, 1.165) is 16.9 Å². The molecule has 0 amide bonds. The molecule has 0 bridgehead atoms. The smallest absolute Gasteiger partial charge is 0.134 e. The zero-order chi connectivity index (χ0) is 38.5. The second kappa shape index (κ2) is 21.6. The number of hydrogen-bond donors (Lipinski definition) is 2. The average molecular weight is 773 g/mol. The van der Waals surface area contributed by atoms with E-state index in [1.807, 2.05) is 54.6 Å². The van der Waals surface area contributed by atoms with E-state index in [1.54, 1.807) is 23.5 Å². The van der Waals surface area contributed by atoms with Gasteiger partial charge in [-0.2, -0.15) is 0 Å². The number of aliphatic hydroxyl groups is 2. The molecule has 2 fully saturated rings. The van der Waals surface area contributed by atoms with Gasteiger partial charge in [-0.1, -0.05) is 169 Å². The third-order valence-electron chi connectivity index (χ3n) is 11.2. The lowest BCUT2D eigenvalue weighted by atomic mass is 9.79. The third kappa shape index (κ3) is 11.7. The van der Waals surface area contributed by atoms with Gasteiger partial charge >= 0.3 is 0 Å². The van der Waals surface area contributed by atoms with Gasteiger partial charge in [0.25, 0.3) is 0 Å². The molecule has 6 nitrogen and oxygen atoms in total. The molecule has 0 radical (unpaired) electrons. The highest BCUT2D eigenvalue weighted by atomic mass is 32.2. The Morgan fingerprint density at radius 3 is 1.33 bits per heavy atom. The van der Waals surface area contributed by atoms with E-state index in [0.29, 0.717) is 31.0 Å². The second-order valence-corrected chi connectivity index (χ2v) is 17.2. The molecular formula is C46H60O6S2. The molecule has 292 valence electrons.